The highest BCUT2D eigenvalue weighted by molar-refractivity contribution is 7.13. The van der Waals surface area contributed by atoms with Gasteiger partial charge in [0.25, 0.3) is 0 Å². The van der Waals surface area contributed by atoms with Gasteiger partial charge in [-0.25, -0.2) is 9.78 Å². The summed E-state index contributed by atoms with van der Waals surface area (Å²) >= 11 is 1.37. The van der Waals surface area contributed by atoms with Crippen molar-refractivity contribution in [1.82, 2.24) is 10.3 Å². The maximum absolute atomic E-state index is 12.1. The van der Waals surface area contributed by atoms with Gasteiger partial charge in [-0.2, -0.15) is 0 Å². The van der Waals surface area contributed by atoms with Crippen LogP contribution < -0.4 is 10.6 Å². The van der Waals surface area contributed by atoms with Crippen molar-refractivity contribution in [2.24, 2.45) is 11.3 Å². The fourth-order valence-corrected chi connectivity index (χ4v) is 4.18. The van der Waals surface area contributed by atoms with Gasteiger partial charge in [-0.15, -0.1) is 11.3 Å². The van der Waals surface area contributed by atoms with Crippen LogP contribution in [0.25, 0.3) is 0 Å². The number of nitrogens with one attached hydrogen (secondary N) is 2. The van der Waals surface area contributed by atoms with Gasteiger partial charge >= 0.3 is 6.03 Å². The maximum Gasteiger partial charge on any atom is 0.321 e. The number of carbonyl (C=O) groups excluding carboxylic acids is 1. The minimum Gasteiger partial charge on any atom is -0.394 e. The highest BCUT2D eigenvalue weighted by Crippen LogP contribution is 2.43. The van der Waals surface area contributed by atoms with Crippen molar-refractivity contribution in [3.8, 4) is 0 Å². The van der Waals surface area contributed by atoms with Crippen molar-refractivity contribution in [1.29, 1.82) is 0 Å². The summed E-state index contributed by atoms with van der Waals surface area (Å²) in [6, 6.07) is -0.293. The molecule has 1 heterocycles. The van der Waals surface area contributed by atoms with Crippen molar-refractivity contribution < 1.29 is 9.90 Å². The molecule has 2 atom stereocenters. The van der Waals surface area contributed by atoms with Crippen LogP contribution in [0.4, 0.5) is 9.93 Å². The van der Waals surface area contributed by atoms with E-state index in [0.717, 1.165) is 19.3 Å². The summed E-state index contributed by atoms with van der Waals surface area (Å²) in [5.41, 5.74) is -0.419. The van der Waals surface area contributed by atoms with Gasteiger partial charge in [0.15, 0.2) is 5.13 Å². The predicted molar refractivity (Wildman–Crippen MR) is 80.9 cm³/mol. The largest absolute Gasteiger partial charge is 0.394 e. The Morgan fingerprint density at radius 1 is 1.55 bits per heavy atom. The number of nitrogens with zero attached hydrogens (tertiary/aromatic N) is 1. The number of aliphatic hydroxyl groups excluding tert-OH is 1. The van der Waals surface area contributed by atoms with E-state index in [0.29, 0.717) is 11.0 Å². The molecular weight excluding hydrogens is 274 g/mol. The van der Waals surface area contributed by atoms with Gasteiger partial charge in [-0.1, -0.05) is 20.8 Å². The molecule has 1 aromatic rings. The topological polar surface area (TPSA) is 74.2 Å². The fraction of sp³-hybridized carbons (Fsp3) is 0.714. The Hall–Kier alpha value is -1.14. The third-order valence-corrected chi connectivity index (χ3v) is 4.48. The van der Waals surface area contributed by atoms with Crippen LogP contribution in [0.15, 0.2) is 11.6 Å². The van der Waals surface area contributed by atoms with Gasteiger partial charge in [0.2, 0.25) is 0 Å². The maximum atomic E-state index is 12.1. The number of rotatable bonds is 3. The number of carbonyl (C=O) groups is 1. The molecule has 0 aliphatic heterocycles. The number of urea groups is 1. The number of hydrogen-bond donors (Lipinski definition) is 3. The van der Waals surface area contributed by atoms with Gasteiger partial charge in [0.1, 0.15) is 0 Å². The standard InChI is InChI=1S/C14H23N3O2S/c1-10-6-13(2,3)8-14(7-10,9-18)17-11(19)16-12-15-4-5-20-12/h4-5,10,18H,6-9H2,1-3H3,(H2,15,16,17,19). The zero-order chi connectivity index (χ0) is 14.8. The van der Waals surface area contributed by atoms with Crippen molar-refractivity contribution in [3.05, 3.63) is 11.6 Å². The van der Waals surface area contributed by atoms with Crippen LogP contribution >= 0.6 is 11.3 Å². The normalized spacial score (nSPS) is 28.9. The molecule has 6 heteroatoms. The van der Waals surface area contributed by atoms with Crippen molar-refractivity contribution in [2.45, 2.75) is 45.6 Å². The lowest BCUT2D eigenvalue weighted by molar-refractivity contribution is 0.0446. The molecule has 0 saturated heterocycles. The van der Waals surface area contributed by atoms with E-state index < -0.39 is 5.54 Å². The first-order chi connectivity index (χ1) is 9.34. The molecule has 1 saturated carbocycles. The Morgan fingerprint density at radius 2 is 2.30 bits per heavy atom. The molecule has 5 nitrogen and oxygen atoms in total. The monoisotopic (exact) mass is 297 g/mol. The van der Waals surface area contributed by atoms with Crippen molar-refractivity contribution in [3.63, 3.8) is 0 Å². The second-order valence-electron chi connectivity index (χ2n) is 6.71. The van der Waals surface area contributed by atoms with Gasteiger partial charge < -0.3 is 10.4 Å². The van der Waals surface area contributed by atoms with Crippen LogP contribution in [0.1, 0.15) is 40.0 Å². The molecular formula is C14H23N3O2S. The number of amides is 2. The number of aliphatic hydroxyl groups is 1. The van der Waals surface area contributed by atoms with Crippen LogP contribution in [0.2, 0.25) is 0 Å². The number of anilines is 1. The van der Waals surface area contributed by atoms with Crippen LogP contribution in [-0.2, 0) is 0 Å². The van der Waals surface area contributed by atoms with Gasteiger partial charge in [0.05, 0.1) is 12.1 Å². The van der Waals surface area contributed by atoms with E-state index in [1.807, 2.05) is 5.38 Å². The average molecular weight is 297 g/mol. The second kappa shape index (κ2) is 5.69. The average Bonchev–Trinajstić information content (AvgIpc) is 2.78. The number of aromatic nitrogens is 1. The molecule has 0 aromatic carbocycles. The Morgan fingerprint density at radius 3 is 2.85 bits per heavy atom. The quantitative estimate of drug-likeness (QED) is 0.803. The summed E-state index contributed by atoms with van der Waals surface area (Å²) in [7, 11) is 0. The van der Waals surface area contributed by atoms with Crippen molar-refractivity contribution in [2.75, 3.05) is 11.9 Å². The van der Waals surface area contributed by atoms with Crippen LogP contribution in [0, 0.1) is 11.3 Å². The Bertz CT molecular complexity index is 461. The molecule has 2 amide bonds. The molecule has 1 aliphatic rings. The van der Waals surface area contributed by atoms with E-state index in [9.17, 15) is 9.90 Å². The Balaban J connectivity index is 2.05. The van der Waals surface area contributed by atoms with E-state index in [1.54, 1.807) is 6.20 Å². The van der Waals surface area contributed by atoms with Gasteiger partial charge in [-0.05, 0) is 30.6 Å². The number of thiazole rings is 1. The highest BCUT2D eigenvalue weighted by atomic mass is 32.1. The molecule has 3 N–H and O–H groups in total. The fourth-order valence-electron chi connectivity index (χ4n) is 3.65. The molecule has 0 bridgehead atoms. The summed E-state index contributed by atoms with van der Waals surface area (Å²) in [5, 5.41) is 17.9. The van der Waals surface area contributed by atoms with E-state index in [4.69, 9.17) is 0 Å². The van der Waals surface area contributed by atoms with Gasteiger partial charge in [-0.3, -0.25) is 5.32 Å². The first-order valence-corrected chi connectivity index (χ1v) is 7.82. The third kappa shape index (κ3) is 3.70. The zero-order valence-corrected chi connectivity index (χ0v) is 13.1. The lowest BCUT2D eigenvalue weighted by Gasteiger charge is -2.47. The highest BCUT2D eigenvalue weighted by Gasteiger charge is 2.43. The first kappa shape index (κ1) is 15.3. The summed E-state index contributed by atoms with van der Waals surface area (Å²) in [4.78, 5) is 16.1. The molecule has 20 heavy (non-hydrogen) atoms. The second-order valence-corrected chi connectivity index (χ2v) is 7.60. The van der Waals surface area contributed by atoms with E-state index in [1.165, 1.54) is 11.3 Å². The summed E-state index contributed by atoms with van der Waals surface area (Å²) in [6.45, 7) is 6.51. The Kier molecular flexibility index (Phi) is 4.34. The molecule has 0 spiro atoms. The Labute approximate surface area is 123 Å². The zero-order valence-electron chi connectivity index (χ0n) is 12.3. The molecule has 1 aromatic heterocycles. The van der Waals surface area contributed by atoms with Crippen LogP contribution in [0.5, 0.6) is 0 Å². The lowest BCUT2D eigenvalue weighted by Crippen LogP contribution is -2.58. The summed E-state index contributed by atoms with van der Waals surface area (Å²) in [6.07, 6.45) is 4.35. The van der Waals surface area contributed by atoms with Crippen molar-refractivity contribution >= 4 is 22.5 Å². The molecule has 0 radical (unpaired) electrons. The van der Waals surface area contributed by atoms with E-state index in [2.05, 4.69) is 36.4 Å². The van der Waals surface area contributed by atoms with Crippen LogP contribution in [-0.4, -0.2) is 28.3 Å². The predicted octanol–water partition coefficient (Wildman–Crippen LogP) is 2.84. The number of hydrogen-bond acceptors (Lipinski definition) is 4. The molecule has 2 unspecified atom stereocenters. The SMILES string of the molecule is CC1CC(C)(C)CC(CO)(NC(=O)Nc2nccs2)C1. The third-order valence-electron chi connectivity index (χ3n) is 3.79. The molecule has 1 aliphatic carbocycles. The van der Waals surface area contributed by atoms with Crippen LogP contribution in [0.3, 0.4) is 0 Å². The smallest absolute Gasteiger partial charge is 0.321 e. The van der Waals surface area contributed by atoms with E-state index in [-0.39, 0.29) is 18.1 Å². The minimum atomic E-state index is -0.539. The molecule has 1 fully saturated rings. The first-order valence-electron chi connectivity index (χ1n) is 6.94. The van der Waals surface area contributed by atoms with Gasteiger partial charge in [0, 0.05) is 11.6 Å². The molecule has 2 rings (SSSR count). The minimum absolute atomic E-state index is 0.0357. The molecule has 112 valence electrons. The lowest BCUT2D eigenvalue weighted by atomic mass is 9.64. The summed E-state index contributed by atoms with van der Waals surface area (Å²) < 4.78 is 0. The van der Waals surface area contributed by atoms with E-state index >= 15 is 0 Å². The summed E-state index contributed by atoms with van der Waals surface area (Å²) in [5.74, 6) is 0.478.